The molecule has 2 aromatic carbocycles. The first kappa shape index (κ1) is 14.9. The Labute approximate surface area is 134 Å². The van der Waals surface area contributed by atoms with Crippen LogP contribution in [0.1, 0.15) is 16.7 Å². The third kappa shape index (κ3) is 2.71. The van der Waals surface area contributed by atoms with Gasteiger partial charge in [-0.1, -0.05) is 35.9 Å². The van der Waals surface area contributed by atoms with E-state index in [2.05, 4.69) is 6.07 Å². The zero-order valence-electron chi connectivity index (χ0n) is 12.1. The molecule has 1 unspecified atom stereocenters. The number of rotatable bonds is 2. The number of hydrogen-bond donors (Lipinski definition) is 1. The fourth-order valence-electron chi connectivity index (χ4n) is 2.93. The molecular formula is C17H18ClNOS. The summed E-state index contributed by atoms with van der Waals surface area (Å²) in [7, 11) is 3.95. The van der Waals surface area contributed by atoms with Gasteiger partial charge >= 0.3 is 0 Å². The van der Waals surface area contributed by atoms with Crippen LogP contribution in [0.15, 0.2) is 47.4 Å². The van der Waals surface area contributed by atoms with Crippen LogP contribution in [0.4, 0.5) is 0 Å². The van der Waals surface area contributed by atoms with E-state index in [1.807, 2.05) is 55.4 Å². The van der Waals surface area contributed by atoms with Gasteiger partial charge in [-0.25, -0.2) is 0 Å². The van der Waals surface area contributed by atoms with Crippen molar-refractivity contribution in [3.8, 4) is 0 Å². The normalized spacial score (nSPS) is 20.8. The minimum atomic E-state index is -1.04. The van der Waals surface area contributed by atoms with Crippen molar-refractivity contribution in [2.45, 2.75) is 16.2 Å². The second kappa shape index (κ2) is 5.65. The first-order chi connectivity index (χ1) is 10.0. The van der Waals surface area contributed by atoms with E-state index >= 15 is 0 Å². The van der Waals surface area contributed by atoms with Crippen LogP contribution >= 0.6 is 23.4 Å². The van der Waals surface area contributed by atoms with Crippen LogP contribution in [-0.2, 0) is 11.4 Å². The number of nitrogens with zero attached hydrogens (tertiary/aromatic N) is 1. The lowest BCUT2D eigenvalue weighted by Gasteiger charge is -2.33. The Balaban J connectivity index is 2.26. The van der Waals surface area contributed by atoms with Gasteiger partial charge in [0.2, 0.25) is 0 Å². The Hall–Kier alpha value is -1.00. The number of likely N-dealkylation sites (N-methyl/N-ethyl adjacent to an activating group) is 1. The number of halogens is 1. The van der Waals surface area contributed by atoms with Crippen LogP contribution in [0.2, 0.25) is 5.02 Å². The summed E-state index contributed by atoms with van der Waals surface area (Å²) in [5.74, 6) is 0.862. The molecule has 1 atom stereocenters. The van der Waals surface area contributed by atoms with Crippen molar-refractivity contribution in [3.63, 3.8) is 0 Å². The maximum atomic E-state index is 11.5. The summed E-state index contributed by atoms with van der Waals surface area (Å²) in [5.41, 5.74) is 2.02. The first-order valence-corrected chi connectivity index (χ1v) is 8.25. The van der Waals surface area contributed by atoms with Crippen molar-refractivity contribution < 1.29 is 5.11 Å². The van der Waals surface area contributed by atoms with Crippen molar-refractivity contribution in [3.05, 3.63) is 64.2 Å². The molecule has 0 bridgehead atoms. The van der Waals surface area contributed by atoms with Crippen LogP contribution in [0.25, 0.3) is 0 Å². The molecule has 0 radical (unpaired) electrons. The summed E-state index contributed by atoms with van der Waals surface area (Å²) in [6, 6.07) is 13.9. The first-order valence-electron chi connectivity index (χ1n) is 6.89. The molecule has 1 heterocycles. The molecule has 21 heavy (non-hydrogen) atoms. The molecule has 1 N–H and O–H groups in total. The number of aliphatic hydroxyl groups is 1. The maximum absolute atomic E-state index is 11.5. The van der Waals surface area contributed by atoms with Gasteiger partial charge in [-0.3, -0.25) is 0 Å². The smallest absolute Gasteiger partial charge is 0.129 e. The molecule has 0 aromatic heterocycles. The summed E-state index contributed by atoms with van der Waals surface area (Å²) in [6.45, 7) is 0.526. The predicted octanol–water partition coefficient (Wildman–Crippen LogP) is 3.74. The summed E-state index contributed by atoms with van der Waals surface area (Å²) in [4.78, 5) is 3.11. The van der Waals surface area contributed by atoms with Gasteiger partial charge in [0.1, 0.15) is 5.60 Å². The summed E-state index contributed by atoms with van der Waals surface area (Å²) >= 11 is 7.94. The summed E-state index contributed by atoms with van der Waals surface area (Å²) < 4.78 is 0. The van der Waals surface area contributed by atoms with Gasteiger partial charge in [-0.2, -0.15) is 0 Å². The molecule has 110 valence electrons. The van der Waals surface area contributed by atoms with E-state index in [1.165, 1.54) is 5.56 Å². The van der Waals surface area contributed by atoms with E-state index in [0.717, 1.165) is 21.8 Å². The number of fused-ring (bicyclic) bond motifs is 2. The predicted molar refractivity (Wildman–Crippen MR) is 89.0 cm³/mol. The van der Waals surface area contributed by atoms with Crippen LogP contribution in [0.5, 0.6) is 0 Å². The third-order valence-electron chi connectivity index (χ3n) is 3.78. The van der Waals surface area contributed by atoms with Crippen LogP contribution < -0.4 is 0 Å². The lowest BCUT2D eigenvalue weighted by molar-refractivity contribution is 0.0487. The van der Waals surface area contributed by atoms with Gasteiger partial charge in [0.05, 0.1) is 0 Å². The van der Waals surface area contributed by atoms with Crippen LogP contribution in [0.3, 0.4) is 0 Å². The number of thioether (sulfide) groups is 1. The second-order valence-corrected chi connectivity index (χ2v) is 7.14. The van der Waals surface area contributed by atoms with Gasteiger partial charge < -0.3 is 10.0 Å². The highest BCUT2D eigenvalue weighted by molar-refractivity contribution is 7.98. The quantitative estimate of drug-likeness (QED) is 0.912. The van der Waals surface area contributed by atoms with E-state index in [0.29, 0.717) is 11.6 Å². The lowest BCUT2D eigenvalue weighted by Crippen LogP contribution is -2.39. The highest BCUT2D eigenvalue weighted by Gasteiger charge is 2.38. The molecule has 1 aliphatic heterocycles. The Morgan fingerprint density at radius 1 is 1.19 bits per heavy atom. The summed E-state index contributed by atoms with van der Waals surface area (Å²) in [6.07, 6.45) is 0. The SMILES string of the molecule is CN(C)CC1(O)c2ccccc2CSc2ccc(Cl)cc21. The van der Waals surface area contributed by atoms with Gasteiger partial charge in [0.15, 0.2) is 0 Å². The van der Waals surface area contributed by atoms with Crippen LogP contribution in [-0.4, -0.2) is 30.6 Å². The molecule has 0 saturated heterocycles. The van der Waals surface area contributed by atoms with E-state index in [4.69, 9.17) is 11.6 Å². The lowest BCUT2D eigenvalue weighted by atomic mass is 9.83. The number of benzene rings is 2. The fourth-order valence-corrected chi connectivity index (χ4v) is 4.21. The Morgan fingerprint density at radius 2 is 1.95 bits per heavy atom. The zero-order valence-corrected chi connectivity index (χ0v) is 13.7. The van der Waals surface area contributed by atoms with Crippen molar-refractivity contribution in [1.29, 1.82) is 0 Å². The van der Waals surface area contributed by atoms with Crippen molar-refractivity contribution in [2.75, 3.05) is 20.6 Å². The van der Waals surface area contributed by atoms with Crippen molar-refractivity contribution in [1.82, 2.24) is 4.90 Å². The average Bonchev–Trinajstić information content (AvgIpc) is 2.55. The molecule has 1 aliphatic rings. The third-order valence-corrected chi connectivity index (χ3v) is 5.14. The monoisotopic (exact) mass is 319 g/mol. The van der Waals surface area contributed by atoms with E-state index in [1.54, 1.807) is 11.8 Å². The Kier molecular flexibility index (Phi) is 4.02. The Bertz CT molecular complexity index is 674. The highest BCUT2D eigenvalue weighted by atomic mass is 35.5. The molecule has 0 saturated carbocycles. The Morgan fingerprint density at radius 3 is 2.71 bits per heavy atom. The zero-order chi connectivity index (χ0) is 15.0. The molecule has 4 heteroatoms. The molecular weight excluding hydrogens is 302 g/mol. The van der Waals surface area contributed by atoms with Crippen LogP contribution in [0, 0.1) is 0 Å². The molecule has 0 spiro atoms. The maximum Gasteiger partial charge on any atom is 0.129 e. The molecule has 0 fully saturated rings. The second-order valence-electron chi connectivity index (χ2n) is 5.68. The largest absolute Gasteiger partial charge is 0.379 e. The minimum absolute atomic E-state index is 0.526. The van der Waals surface area contributed by atoms with Gasteiger partial charge in [0.25, 0.3) is 0 Å². The molecule has 0 amide bonds. The molecule has 2 nitrogen and oxygen atoms in total. The standard InChI is InChI=1S/C17H18ClNOS/c1-19(2)11-17(20)14-6-4-3-5-12(14)10-21-16-8-7-13(18)9-15(16)17/h3-9,20H,10-11H2,1-2H3. The topological polar surface area (TPSA) is 23.5 Å². The minimum Gasteiger partial charge on any atom is -0.379 e. The fraction of sp³-hybridized carbons (Fsp3) is 0.294. The highest BCUT2D eigenvalue weighted by Crippen LogP contribution is 2.44. The average molecular weight is 320 g/mol. The van der Waals surface area contributed by atoms with Crippen molar-refractivity contribution >= 4 is 23.4 Å². The van der Waals surface area contributed by atoms with Gasteiger partial charge in [-0.15, -0.1) is 11.8 Å². The van der Waals surface area contributed by atoms with Crippen molar-refractivity contribution in [2.24, 2.45) is 0 Å². The molecule has 0 aliphatic carbocycles. The van der Waals surface area contributed by atoms with E-state index in [-0.39, 0.29) is 0 Å². The molecule has 2 aromatic rings. The van der Waals surface area contributed by atoms with E-state index < -0.39 is 5.60 Å². The summed E-state index contributed by atoms with van der Waals surface area (Å²) in [5, 5.41) is 12.2. The van der Waals surface area contributed by atoms with Gasteiger partial charge in [-0.05, 0) is 43.4 Å². The van der Waals surface area contributed by atoms with E-state index in [9.17, 15) is 5.11 Å². The number of hydrogen-bond acceptors (Lipinski definition) is 3. The molecule has 3 rings (SSSR count). The van der Waals surface area contributed by atoms with Gasteiger partial charge in [0, 0.05) is 27.8 Å².